The van der Waals surface area contributed by atoms with Crippen molar-refractivity contribution < 1.29 is 14.3 Å². The highest BCUT2D eigenvalue weighted by atomic mass is 16.5. The van der Waals surface area contributed by atoms with Crippen molar-refractivity contribution in [2.45, 2.75) is 19.9 Å². The van der Waals surface area contributed by atoms with E-state index in [1.54, 1.807) is 36.5 Å². The Morgan fingerprint density at radius 1 is 1.06 bits per heavy atom. The molecule has 1 fully saturated rings. The lowest BCUT2D eigenvalue weighted by Crippen LogP contribution is -2.56. The average Bonchev–Trinajstić information content (AvgIpc) is 2.81. The number of benzene rings is 1. The van der Waals surface area contributed by atoms with E-state index in [-0.39, 0.29) is 17.7 Å². The van der Waals surface area contributed by atoms with E-state index in [0.717, 1.165) is 11.3 Å². The molecule has 1 atom stereocenters. The number of piperazine rings is 1. The Bertz CT molecular complexity index is 891. The molecule has 0 saturated carbocycles. The average molecular weight is 424 g/mol. The van der Waals surface area contributed by atoms with Crippen LogP contribution in [-0.4, -0.2) is 66.0 Å². The lowest BCUT2D eigenvalue weighted by Gasteiger charge is -2.37. The number of aromatic nitrogens is 2. The number of hydrogen-bond donors (Lipinski definition) is 1. The summed E-state index contributed by atoms with van der Waals surface area (Å²) < 4.78 is 5.13. The second kappa shape index (κ2) is 10.6. The summed E-state index contributed by atoms with van der Waals surface area (Å²) in [5, 5.41) is 2.87. The molecule has 2 aromatic rings. The predicted octanol–water partition coefficient (Wildman–Crippen LogP) is 1.99. The number of carbonyl (C=O) groups is 2. The molecule has 1 aliphatic heterocycles. The number of rotatable bonds is 7. The molecule has 31 heavy (non-hydrogen) atoms. The fraction of sp³-hybridized carbons (Fsp3) is 0.391. The van der Waals surface area contributed by atoms with Crippen LogP contribution in [0, 0.1) is 5.92 Å². The van der Waals surface area contributed by atoms with E-state index in [0.29, 0.717) is 32.1 Å². The van der Waals surface area contributed by atoms with Crippen molar-refractivity contribution in [3.63, 3.8) is 0 Å². The Morgan fingerprint density at radius 2 is 1.71 bits per heavy atom. The van der Waals surface area contributed by atoms with Crippen molar-refractivity contribution in [1.82, 2.24) is 20.2 Å². The van der Waals surface area contributed by atoms with Crippen LogP contribution in [0.15, 0.2) is 48.8 Å². The zero-order valence-corrected chi connectivity index (χ0v) is 18.2. The number of nitrogens with zero attached hydrogens (tertiary/aromatic N) is 4. The van der Waals surface area contributed by atoms with Crippen LogP contribution in [0.3, 0.4) is 0 Å². The van der Waals surface area contributed by atoms with Gasteiger partial charge in [0.15, 0.2) is 0 Å². The third kappa shape index (κ3) is 6.04. The number of nitrogens with one attached hydrogen (secondary N) is 1. The number of amides is 2. The number of anilines is 1. The van der Waals surface area contributed by atoms with Gasteiger partial charge in [-0.1, -0.05) is 26.0 Å². The number of methoxy groups -OCH3 is 1. The normalized spacial score (nSPS) is 15.2. The van der Waals surface area contributed by atoms with Gasteiger partial charge in [0.05, 0.1) is 7.11 Å². The van der Waals surface area contributed by atoms with Crippen LogP contribution < -0.4 is 15.0 Å². The first kappa shape index (κ1) is 22.3. The second-order valence-corrected chi connectivity index (χ2v) is 7.70. The van der Waals surface area contributed by atoms with Crippen LogP contribution in [0.4, 0.5) is 5.95 Å². The molecule has 8 heteroatoms. The first-order valence-electron chi connectivity index (χ1n) is 10.4. The van der Waals surface area contributed by atoms with Gasteiger partial charge in [0.2, 0.25) is 17.8 Å². The summed E-state index contributed by atoms with van der Waals surface area (Å²) in [5.74, 6) is 1.05. The van der Waals surface area contributed by atoms with E-state index < -0.39 is 6.04 Å². The van der Waals surface area contributed by atoms with Gasteiger partial charge in [0.1, 0.15) is 11.8 Å². The van der Waals surface area contributed by atoms with Crippen molar-refractivity contribution in [2.75, 3.05) is 38.2 Å². The van der Waals surface area contributed by atoms with Crippen LogP contribution >= 0.6 is 0 Å². The van der Waals surface area contributed by atoms with Crippen LogP contribution in [0.25, 0.3) is 6.08 Å². The summed E-state index contributed by atoms with van der Waals surface area (Å²) in [7, 11) is 1.61. The summed E-state index contributed by atoms with van der Waals surface area (Å²) in [4.78, 5) is 37.9. The summed E-state index contributed by atoms with van der Waals surface area (Å²) in [6.45, 7) is 6.32. The summed E-state index contributed by atoms with van der Waals surface area (Å²) in [5.41, 5.74) is 0.877. The molecule has 0 aliphatic carbocycles. The number of ether oxygens (including phenoxy) is 1. The molecule has 1 N–H and O–H groups in total. The van der Waals surface area contributed by atoms with Crippen LogP contribution in [0.2, 0.25) is 0 Å². The van der Waals surface area contributed by atoms with Crippen molar-refractivity contribution in [3.8, 4) is 5.75 Å². The van der Waals surface area contributed by atoms with Crippen molar-refractivity contribution in [2.24, 2.45) is 5.92 Å². The number of hydrogen-bond acceptors (Lipinski definition) is 6. The molecule has 1 aliphatic rings. The van der Waals surface area contributed by atoms with Crippen LogP contribution in [0.5, 0.6) is 5.75 Å². The molecular weight excluding hydrogens is 394 g/mol. The molecule has 1 aromatic carbocycles. The van der Waals surface area contributed by atoms with Crippen molar-refractivity contribution in [1.29, 1.82) is 0 Å². The number of carbonyl (C=O) groups excluding carboxylic acids is 2. The maximum absolute atomic E-state index is 13.1. The predicted molar refractivity (Wildman–Crippen MR) is 120 cm³/mol. The van der Waals surface area contributed by atoms with Gasteiger partial charge < -0.3 is 19.9 Å². The fourth-order valence-electron chi connectivity index (χ4n) is 3.38. The molecule has 0 bridgehead atoms. The minimum Gasteiger partial charge on any atom is -0.497 e. The molecule has 3 rings (SSSR count). The van der Waals surface area contributed by atoms with Crippen LogP contribution in [0.1, 0.15) is 19.4 Å². The summed E-state index contributed by atoms with van der Waals surface area (Å²) in [6.07, 6.45) is 6.59. The van der Waals surface area contributed by atoms with E-state index in [1.165, 1.54) is 6.08 Å². The Morgan fingerprint density at radius 3 is 2.29 bits per heavy atom. The van der Waals surface area contributed by atoms with E-state index >= 15 is 0 Å². The largest absolute Gasteiger partial charge is 0.497 e. The highest BCUT2D eigenvalue weighted by Gasteiger charge is 2.30. The lowest BCUT2D eigenvalue weighted by atomic mass is 10.0. The fourth-order valence-corrected chi connectivity index (χ4v) is 3.38. The standard InChI is InChI=1S/C23H29N5O3/c1-17(2)21(26-20(29)10-7-18-5-8-19(31-3)9-6-18)22(30)27-13-15-28(16-14-27)23-24-11-4-12-25-23/h4-12,17,21H,13-16H2,1-3H3,(H,26,29). The molecule has 1 unspecified atom stereocenters. The minimum absolute atomic E-state index is 0.0266. The van der Waals surface area contributed by atoms with Gasteiger partial charge in [-0.2, -0.15) is 0 Å². The van der Waals surface area contributed by atoms with E-state index in [2.05, 4.69) is 20.2 Å². The zero-order chi connectivity index (χ0) is 22.2. The maximum atomic E-state index is 13.1. The highest BCUT2D eigenvalue weighted by molar-refractivity contribution is 5.95. The molecule has 8 nitrogen and oxygen atoms in total. The monoisotopic (exact) mass is 423 g/mol. The van der Waals surface area contributed by atoms with Gasteiger partial charge >= 0.3 is 0 Å². The first-order chi connectivity index (χ1) is 15.0. The zero-order valence-electron chi connectivity index (χ0n) is 18.2. The SMILES string of the molecule is COc1ccc(C=CC(=O)NC(C(=O)N2CCN(c3ncccn3)CC2)C(C)C)cc1. The summed E-state index contributed by atoms with van der Waals surface area (Å²) in [6, 6.07) is 8.60. The molecule has 0 spiro atoms. The lowest BCUT2D eigenvalue weighted by molar-refractivity contribution is -0.137. The quantitative estimate of drug-likeness (QED) is 0.686. The molecule has 0 radical (unpaired) electrons. The van der Waals surface area contributed by atoms with Gasteiger partial charge in [-0.15, -0.1) is 0 Å². The molecule has 2 amide bonds. The Balaban J connectivity index is 1.56. The third-order valence-corrected chi connectivity index (χ3v) is 5.20. The molecule has 1 saturated heterocycles. The van der Waals surface area contributed by atoms with Gasteiger partial charge in [-0.25, -0.2) is 9.97 Å². The second-order valence-electron chi connectivity index (χ2n) is 7.70. The van der Waals surface area contributed by atoms with E-state index in [1.807, 2.05) is 38.1 Å². The Hall–Kier alpha value is -3.42. The third-order valence-electron chi connectivity index (χ3n) is 5.20. The van der Waals surface area contributed by atoms with Crippen LogP contribution in [-0.2, 0) is 9.59 Å². The molecule has 2 heterocycles. The van der Waals surface area contributed by atoms with Gasteiger partial charge in [-0.05, 0) is 35.8 Å². The van der Waals surface area contributed by atoms with Crippen molar-refractivity contribution in [3.05, 3.63) is 54.4 Å². The first-order valence-corrected chi connectivity index (χ1v) is 10.4. The Labute approximate surface area is 182 Å². The smallest absolute Gasteiger partial charge is 0.245 e. The van der Waals surface area contributed by atoms with E-state index in [4.69, 9.17) is 4.74 Å². The maximum Gasteiger partial charge on any atom is 0.245 e. The van der Waals surface area contributed by atoms with Gasteiger partial charge in [-0.3, -0.25) is 9.59 Å². The summed E-state index contributed by atoms with van der Waals surface area (Å²) >= 11 is 0. The van der Waals surface area contributed by atoms with Gasteiger partial charge in [0, 0.05) is 44.6 Å². The van der Waals surface area contributed by atoms with Crippen molar-refractivity contribution >= 4 is 23.8 Å². The Kier molecular flexibility index (Phi) is 7.59. The van der Waals surface area contributed by atoms with E-state index in [9.17, 15) is 9.59 Å². The minimum atomic E-state index is -0.576. The van der Waals surface area contributed by atoms with Gasteiger partial charge in [0.25, 0.3) is 0 Å². The molecule has 1 aromatic heterocycles. The topological polar surface area (TPSA) is 87.7 Å². The highest BCUT2D eigenvalue weighted by Crippen LogP contribution is 2.14. The molecule has 164 valence electrons. The molecular formula is C23H29N5O3.